The van der Waals surface area contributed by atoms with Gasteiger partial charge in [0.1, 0.15) is 5.92 Å². The molecule has 0 heterocycles. The Bertz CT molecular complexity index is 468. The summed E-state index contributed by atoms with van der Waals surface area (Å²) in [5.41, 5.74) is 3.43. The zero-order valence-corrected chi connectivity index (χ0v) is 11.9. The molecule has 0 bridgehead atoms. The summed E-state index contributed by atoms with van der Waals surface area (Å²) in [6.45, 7) is 6.29. The lowest BCUT2D eigenvalue weighted by Gasteiger charge is -2.13. The van der Waals surface area contributed by atoms with Crippen molar-refractivity contribution in [3.8, 4) is 0 Å². The Morgan fingerprint density at radius 3 is 2.47 bits per heavy atom. The number of rotatable bonds is 5. The minimum Gasteiger partial charge on any atom is -0.468 e. The van der Waals surface area contributed by atoms with Crippen molar-refractivity contribution in [2.75, 3.05) is 7.11 Å². The predicted molar refractivity (Wildman–Crippen MR) is 73.6 cm³/mol. The third kappa shape index (κ3) is 4.09. The van der Waals surface area contributed by atoms with Crippen LogP contribution < -0.4 is 5.32 Å². The predicted octanol–water partition coefficient (Wildman–Crippen LogP) is 2.12. The quantitative estimate of drug-likeness (QED) is 0.654. The van der Waals surface area contributed by atoms with Gasteiger partial charge in [0.05, 0.1) is 7.11 Å². The fourth-order valence-electron chi connectivity index (χ4n) is 1.83. The number of benzene rings is 1. The van der Waals surface area contributed by atoms with Crippen LogP contribution in [0.4, 0.5) is 0 Å². The van der Waals surface area contributed by atoms with Crippen molar-refractivity contribution in [1.29, 1.82) is 0 Å². The van der Waals surface area contributed by atoms with Crippen LogP contribution in [0.3, 0.4) is 0 Å². The van der Waals surface area contributed by atoms with E-state index in [1.54, 1.807) is 6.92 Å². The number of hydrogen-bond donors (Lipinski definition) is 1. The van der Waals surface area contributed by atoms with Gasteiger partial charge in [-0.2, -0.15) is 0 Å². The van der Waals surface area contributed by atoms with Crippen LogP contribution >= 0.6 is 0 Å². The van der Waals surface area contributed by atoms with Gasteiger partial charge in [0.2, 0.25) is 5.91 Å². The summed E-state index contributed by atoms with van der Waals surface area (Å²) in [4.78, 5) is 23.3. The molecule has 0 spiro atoms. The van der Waals surface area contributed by atoms with Crippen molar-refractivity contribution >= 4 is 11.9 Å². The van der Waals surface area contributed by atoms with Gasteiger partial charge in [-0.1, -0.05) is 25.1 Å². The van der Waals surface area contributed by atoms with Gasteiger partial charge in [0.15, 0.2) is 0 Å². The summed E-state index contributed by atoms with van der Waals surface area (Å²) in [7, 11) is 1.29. The normalized spacial score (nSPS) is 11.8. The van der Waals surface area contributed by atoms with Crippen LogP contribution in [0, 0.1) is 19.8 Å². The standard InChI is InChI=1S/C15H21NO3/c1-5-13(15(18)19-4)14(17)16-9-12-7-6-10(2)11(3)8-12/h6-8,13H,5,9H2,1-4H3,(H,16,17). The number of hydrogen-bond acceptors (Lipinski definition) is 3. The molecule has 0 saturated carbocycles. The first kappa shape index (κ1) is 15.2. The van der Waals surface area contributed by atoms with Crippen molar-refractivity contribution in [2.45, 2.75) is 33.7 Å². The lowest BCUT2D eigenvalue weighted by atomic mass is 10.0. The second-order valence-corrected chi connectivity index (χ2v) is 4.62. The van der Waals surface area contributed by atoms with Crippen molar-refractivity contribution in [3.05, 3.63) is 34.9 Å². The summed E-state index contributed by atoms with van der Waals surface area (Å²) in [5.74, 6) is -1.50. The van der Waals surface area contributed by atoms with Crippen molar-refractivity contribution in [2.24, 2.45) is 5.92 Å². The molecule has 1 rings (SSSR count). The van der Waals surface area contributed by atoms with Gasteiger partial charge in [-0.15, -0.1) is 0 Å². The molecule has 0 fully saturated rings. The van der Waals surface area contributed by atoms with E-state index in [9.17, 15) is 9.59 Å². The first-order valence-electron chi connectivity index (χ1n) is 6.41. The highest BCUT2D eigenvalue weighted by molar-refractivity contribution is 5.97. The molecule has 4 heteroatoms. The van der Waals surface area contributed by atoms with Crippen LogP contribution in [-0.2, 0) is 20.9 Å². The molecule has 1 aromatic rings. The summed E-state index contributed by atoms with van der Waals surface area (Å²) >= 11 is 0. The van der Waals surface area contributed by atoms with E-state index in [2.05, 4.69) is 10.1 Å². The van der Waals surface area contributed by atoms with E-state index in [1.165, 1.54) is 18.2 Å². The van der Waals surface area contributed by atoms with E-state index in [1.807, 2.05) is 32.0 Å². The first-order chi connectivity index (χ1) is 8.99. The fourth-order valence-corrected chi connectivity index (χ4v) is 1.83. The topological polar surface area (TPSA) is 55.4 Å². The number of ether oxygens (including phenoxy) is 1. The second kappa shape index (κ2) is 6.92. The lowest BCUT2D eigenvalue weighted by molar-refractivity contribution is -0.150. The van der Waals surface area contributed by atoms with Gasteiger partial charge in [0, 0.05) is 6.54 Å². The second-order valence-electron chi connectivity index (χ2n) is 4.62. The number of carbonyl (C=O) groups is 2. The largest absolute Gasteiger partial charge is 0.468 e. The molecular formula is C15H21NO3. The Hall–Kier alpha value is -1.84. The van der Waals surface area contributed by atoms with E-state index in [0.717, 1.165) is 5.56 Å². The third-order valence-electron chi connectivity index (χ3n) is 3.25. The molecule has 1 atom stereocenters. The summed E-state index contributed by atoms with van der Waals surface area (Å²) in [6, 6.07) is 6.03. The molecule has 1 amide bonds. The van der Waals surface area contributed by atoms with Gasteiger partial charge >= 0.3 is 5.97 Å². The van der Waals surface area contributed by atoms with E-state index < -0.39 is 11.9 Å². The molecule has 104 valence electrons. The van der Waals surface area contributed by atoms with E-state index in [4.69, 9.17) is 0 Å². The maximum atomic E-state index is 11.9. The number of nitrogens with one attached hydrogen (secondary N) is 1. The molecular weight excluding hydrogens is 242 g/mol. The minimum atomic E-state index is -0.725. The molecule has 0 aliphatic carbocycles. The van der Waals surface area contributed by atoms with E-state index >= 15 is 0 Å². The van der Waals surface area contributed by atoms with Crippen LogP contribution in [0.2, 0.25) is 0 Å². The third-order valence-corrected chi connectivity index (χ3v) is 3.25. The molecule has 0 aliphatic rings. The monoisotopic (exact) mass is 263 g/mol. The highest BCUT2D eigenvalue weighted by atomic mass is 16.5. The number of esters is 1. The van der Waals surface area contributed by atoms with Crippen LogP contribution in [0.25, 0.3) is 0 Å². The van der Waals surface area contributed by atoms with Crippen molar-refractivity contribution in [1.82, 2.24) is 5.32 Å². The minimum absolute atomic E-state index is 0.285. The number of aryl methyl sites for hydroxylation is 2. The summed E-state index contributed by atoms with van der Waals surface area (Å²) in [6.07, 6.45) is 0.436. The van der Waals surface area contributed by atoms with Crippen molar-refractivity contribution in [3.63, 3.8) is 0 Å². The lowest BCUT2D eigenvalue weighted by Crippen LogP contribution is -2.35. The van der Waals surface area contributed by atoms with Gasteiger partial charge in [-0.05, 0) is 37.0 Å². The molecule has 0 radical (unpaired) electrons. The van der Waals surface area contributed by atoms with Gasteiger partial charge in [-0.25, -0.2) is 0 Å². The smallest absolute Gasteiger partial charge is 0.318 e. The molecule has 4 nitrogen and oxygen atoms in total. The average molecular weight is 263 g/mol. The molecule has 19 heavy (non-hydrogen) atoms. The maximum absolute atomic E-state index is 11.9. The molecule has 1 aromatic carbocycles. The van der Waals surface area contributed by atoms with Gasteiger partial charge < -0.3 is 10.1 Å². The number of methoxy groups -OCH3 is 1. The molecule has 0 aromatic heterocycles. The van der Waals surface area contributed by atoms with Crippen LogP contribution in [0.1, 0.15) is 30.0 Å². The summed E-state index contributed by atoms with van der Waals surface area (Å²) in [5, 5.41) is 2.77. The van der Waals surface area contributed by atoms with Gasteiger partial charge in [0.25, 0.3) is 0 Å². The average Bonchev–Trinajstić information content (AvgIpc) is 2.40. The Morgan fingerprint density at radius 1 is 1.26 bits per heavy atom. The first-order valence-corrected chi connectivity index (χ1v) is 6.41. The zero-order valence-electron chi connectivity index (χ0n) is 11.9. The highest BCUT2D eigenvalue weighted by Crippen LogP contribution is 2.10. The molecule has 1 unspecified atom stereocenters. The SMILES string of the molecule is CCC(C(=O)NCc1ccc(C)c(C)c1)C(=O)OC. The fraction of sp³-hybridized carbons (Fsp3) is 0.467. The maximum Gasteiger partial charge on any atom is 0.318 e. The Kier molecular flexibility index (Phi) is 5.55. The van der Waals surface area contributed by atoms with Gasteiger partial charge in [-0.3, -0.25) is 9.59 Å². The van der Waals surface area contributed by atoms with Crippen LogP contribution in [-0.4, -0.2) is 19.0 Å². The Labute approximate surface area is 114 Å². The zero-order chi connectivity index (χ0) is 14.4. The van der Waals surface area contributed by atoms with E-state index in [0.29, 0.717) is 13.0 Å². The number of carbonyl (C=O) groups excluding carboxylic acids is 2. The van der Waals surface area contributed by atoms with Crippen LogP contribution in [0.5, 0.6) is 0 Å². The van der Waals surface area contributed by atoms with Crippen molar-refractivity contribution < 1.29 is 14.3 Å². The van der Waals surface area contributed by atoms with Crippen LogP contribution in [0.15, 0.2) is 18.2 Å². The Morgan fingerprint density at radius 2 is 1.95 bits per heavy atom. The van der Waals surface area contributed by atoms with E-state index in [-0.39, 0.29) is 5.91 Å². The number of amides is 1. The highest BCUT2D eigenvalue weighted by Gasteiger charge is 2.25. The molecule has 1 N–H and O–H groups in total. The molecule has 0 aliphatic heterocycles. The summed E-state index contributed by atoms with van der Waals surface area (Å²) < 4.78 is 4.61. The Balaban J connectivity index is 2.62. The molecule has 0 saturated heterocycles.